The van der Waals surface area contributed by atoms with Gasteiger partial charge in [0.1, 0.15) is 11.5 Å². The van der Waals surface area contributed by atoms with E-state index in [1.807, 2.05) is 24.3 Å². The SMILES string of the molecule is COc1ccc(CC(=O)NC2CCC(=O)CC2)cc1. The van der Waals surface area contributed by atoms with Crippen LogP contribution in [0.1, 0.15) is 31.2 Å². The Balaban J connectivity index is 1.81. The molecule has 102 valence electrons. The Kier molecular flexibility index (Phi) is 4.55. The zero-order valence-electron chi connectivity index (χ0n) is 11.1. The normalized spacial score (nSPS) is 16.2. The fourth-order valence-corrected chi connectivity index (χ4v) is 2.29. The van der Waals surface area contributed by atoms with E-state index in [9.17, 15) is 9.59 Å². The lowest BCUT2D eigenvalue weighted by Gasteiger charge is -2.22. The minimum Gasteiger partial charge on any atom is -0.497 e. The van der Waals surface area contributed by atoms with E-state index in [4.69, 9.17) is 4.74 Å². The number of Topliss-reactive ketones (excluding diaryl/α,β-unsaturated/α-hetero) is 1. The molecule has 1 saturated carbocycles. The van der Waals surface area contributed by atoms with Gasteiger partial charge in [0, 0.05) is 18.9 Å². The number of nitrogens with one attached hydrogen (secondary N) is 1. The number of amides is 1. The molecule has 4 heteroatoms. The van der Waals surface area contributed by atoms with Gasteiger partial charge in [-0.1, -0.05) is 12.1 Å². The Morgan fingerprint density at radius 1 is 1.26 bits per heavy atom. The molecule has 0 saturated heterocycles. The van der Waals surface area contributed by atoms with Crippen molar-refractivity contribution < 1.29 is 14.3 Å². The molecule has 1 amide bonds. The van der Waals surface area contributed by atoms with E-state index in [0.29, 0.717) is 25.0 Å². The zero-order valence-corrected chi connectivity index (χ0v) is 11.1. The molecule has 1 aromatic rings. The fourth-order valence-electron chi connectivity index (χ4n) is 2.29. The Labute approximate surface area is 113 Å². The van der Waals surface area contributed by atoms with Crippen molar-refractivity contribution in [3.05, 3.63) is 29.8 Å². The number of rotatable bonds is 4. The van der Waals surface area contributed by atoms with Crippen molar-refractivity contribution in [2.24, 2.45) is 0 Å². The van der Waals surface area contributed by atoms with Gasteiger partial charge in [-0.05, 0) is 30.5 Å². The summed E-state index contributed by atoms with van der Waals surface area (Å²) in [6, 6.07) is 7.64. The first kappa shape index (κ1) is 13.6. The van der Waals surface area contributed by atoms with Crippen molar-refractivity contribution in [2.45, 2.75) is 38.1 Å². The van der Waals surface area contributed by atoms with Crippen LogP contribution < -0.4 is 10.1 Å². The highest BCUT2D eigenvalue weighted by molar-refractivity contribution is 5.81. The summed E-state index contributed by atoms with van der Waals surface area (Å²) in [4.78, 5) is 23.0. The lowest BCUT2D eigenvalue weighted by atomic mass is 9.94. The molecular weight excluding hydrogens is 242 g/mol. The highest BCUT2D eigenvalue weighted by Gasteiger charge is 2.20. The van der Waals surface area contributed by atoms with E-state index in [2.05, 4.69) is 5.32 Å². The van der Waals surface area contributed by atoms with Crippen molar-refractivity contribution in [3.8, 4) is 5.75 Å². The molecule has 1 aliphatic rings. The highest BCUT2D eigenvalue weighted by Crippen LogP contribution is 2.15. The van der Waals surface area contributed by atoms with Gasteiger partial charge in [-0.15, -0.1) is 0 Å². The molecule has 4 nitrogen and oxygen atoms in total. The standard InChI is InChI=1S/C15H19NO3/c1-19-14-8-2-11(3-9-14)10-15(18)16-12-4-6-13(17)7-5-12/h2-3,8-9,12H,4-7,10H2,1H3,(H,16,18). The van der Waals surface area contributed by atoms with Gasteiger partial charge < -0.3 is 10.1 Å². The van der Waals surface area contributed by atoms with Crippen LogP contribution in [-0.2, 0) is 16.0 Å². The van der Waals surface area contributed by atoms with Crippen molar-refractivity contribution in [1.29, 1.82) is 0 Å². The molecule has 0 spiro atoms. The Bertz CT molecular complexity index is 443. The van der Waals surface area contributed by atoms with Crippen molar-refractivity contribution in [3.63, 3.8) is 0 Å². The molecule has 19 heavy (non-hydrogen) atoms. The summed E-state index contributed by atoms with van der Waals surface area (Å²) in [5, 5.41) is 2.99. The van der Waals surface area contributed by atoms with E-state index in [0.717, 1.165) is 24.2 Å². The molecule has 0 bridgehead atoms. The summed E-state index contributed by atoms with van der Waals surface area (Å²) in [5.41, 5.74) is 0.963. The van der Waals surface area contributed by atoms with E-state index in [-0.39, 0.29) is 11.9 Å². The van der Waals surface area contributed by atoms with Crippen LogP contribution in [0.15, 0.2) is 24.3 Å². The summed E-state index contributed by atoms with van der Waals surface area (Å²) >= 11 is 0. The number of hydrogen-bond donors (Lipinski definition) is 1. The van der Waals surface area contributed by atoms with E-state index in [1.54, 1.807) is 7.11 Å². The third-order valence-corrected chi connectivity index (χ3v) is 3.43. The monoisotopic (exact) mass is 261 g/mol. The summed E-state index contributed by atoms with van der Waals surface area (Å²) in [6.45, 7) is 0. The molecule has 1 N–H and O–H groups in total. The maximum atomic E-state index is 11.9. The third-order valence-electron chi connectivity index (χ3n) is 3.43. The number of methoxy groups -OCH3 is 1. The second-order valence-corrected chi connectivity index (χ2v) is 4.91. The molecule has 1 aliphatic carbocycles. The highest BCUT2D eigenvalue weighted by atomic mass is 16.5. The molecule has 1 aromatic carbocycles. The van der Waals surface area contributed by atoms with Crippen molar-refractivity contribution in [1.82, 2.24) is 5.32 Å². The fraction of sp³-hybridized carbons (Fsp3) is 0.467. The van der Waals surface area contributed by atoms with Crippen LogP contribution in [-0.4, -0.2) is 24.8 Å². The maximum Gasteiger partial charge on any atom is 0.224 e. The maximum absolute atomic E-state index is 11.9. The van der Waals surface area contributed by atoms with Gasteiger partial charge in [0.2, 0.25) is 5.91 Å². The van der Waals surface area contributed by atoms with E-state index in [1.165, 1.54) is 0 Å². The number of ketones is 1. The minimum atomic E-state index is 0.0181. The zero-order chi connectivity index (χ0) is 13.7. The molecule has 0 atom stereocenters. The predicted molar refractivity (Wildman–Crippen MR) is 72.1 cm³/mol. The first-order valence-corrected chi connectivity index (χ1v) is 6.61. The Morgan fingerprint density at radius 3 is 2.47 bits per heavy atom. The lowest BCUT2D eigenvalue weighted by molar-refractivity contribution is -0.124. The van der Waals surface area contributed by atoms with Crippen molar-refractivity contribution >= 4 is 11.7 Å². The smallest absolute Gasteiger partial charge is 0.224 e. The second-order valence-electron chi connectivity index (χ2n) is 4.91. The lowest BCUT2D eigenvalue weighted by Crippen LogP contribution is -2.38. The van der Waals surface area contributed by atoms with Crippen LogP contribution in [0.5, 0.6) is 5.75 Å². The topological polar surface area (TPSA) is 55.4 Å². The molecular formula is C15H19NO3. The van der Waals surface area contributed by atoms with E-state index < -0.39 is 0 Å². The van der Waals surface area contributed by atoms with Crippen LogP contribution in [0.2, 0.25) is 0 Å². The minimum absolute atomic E-state index is 0.0181. The van der Waals surface area contributed by atoms with Gasteiger partial charge in [-0.3, -0.25) is 9.59 Å². The molecule has 0 unspecified atom stereocenters. The average molecular weight is 261 g/mol. The summed E-state index contributed by atoms with van der Waals surface area (Å²) in [6.07, 6.45) is 3.09. The second kappa shape index (κ2) is 6.36. The van der Waals surface area contributed by atoms with Crippen LogP contribution in [0.4, 0.5) is 0 Å². The number of carbonyl (C=O) groups is 2. The Hall–Kier alpha value is -1.84. The third kappa shape index (κ3) is 4.09. The van der Waals surface area contributed by atoms with E-state index >= 15 is 0 Å². The van der Waals surface area contributed by atoms with Gasteiger partial charge in [0.15, 0.2) is 0 Å². The quantitative estimate of drug-likeness (QED) is 0.900. The van der Waals surface area contributed by atoms with Crippen LogP contribution in [0.3, 0.4) is 0 Å². The van der Waals surface area contributed by atoms with Gasteiger partial charge in [-0.2, -0.15) is 0 Å². The number of hydrogen-bond acceptors (Lipinski definition) is 3. The summed E-state index contributed by atoms with van der Waals surface area (Å²) in [5.74, 6) is 1.11. The average Bonchev–Trinajstić information content (AvgIpc) is 2.42. The molecule has 0 aromatic heterocycles. The molecule has 0 radical (unpaired) electrons. The predicted octanol–water partition coefficient (Wildman–Crippen LogP) is 1.87. The van der Waals surface area contributed by atoms with Gasteiger partial charge in [0.05, 0.1) is 13.5 Å². The molecule has 0 aliphatic heterocycles. The number of carbonyl (C=O) groups excluding carboxylic acids is 2. The summed E-state index contributed by atoms with van der Waals surface area (Å²) < 4.78 is 5.07. The van der Waals surface area contributed by atoms with Gasteiger partial charge in [-0.25, -0.2) is 0 Å². The van der Waals surface area contributed by atoms with Crippen LogP contribution in [0.25, 0.3) is 0 Å². The number of benzene rings is 1. The molecule has 2 rings (SSSR count). The Morgan fingerprint density at radius 2 is 1.89 bits per heavy atom. The number of ether oxygens (including phenoxy) is 1. The first-order valence-electron chi connectivity index (χ1n) is 6.61. The van der Waals surface area contributed by atoms with Gasteiger partial charge in [0.25, 0.3) is 0 Å². The molecule has 0 heterocycles. The van der Waals surface area contributed by atoms with Crippen LogP contribution >= 0.6 is 0 Å². The van der Waals surface area contributed by atoms with Crippen LogP contribution in [0, 0.1) is 0 Å². The molecule has 1 fully saturated rings. The summed E-state index contributed by atoms with van der Waals surface area (Å²) in [7, 11) is 1.62. The van der Waals surface area contributed by atoms with Crippen molar-refractivity contribution in [2.75, 3.05) is 7.11 Å². The first-order chi connectivity index (χ1) is 9.17. The van der Waals surface area contributed by atoms with Gasteiger partial charge >= 0.3 is 0 Å². The largest absolute Gasteiger partial charge is 0.497 e.